The zero-order chi connectivity index (χ0) is 16.1. The third-order valence-corrected chi connectivity index (χ3v) is 4.03. The number of rotatable bonds is 7. The van der Waals surface area contributed by atoms with Crippen LogP contribution in [0.5, 0.6) is 0 Å². The summed E-state index contributed by atoms with van der Waals surface area (Å²) in [4.78, 5) is 12.0. The first-order chi connectivity index (χ1) is 10.5. The zero-order valence-electron chi connectivity index (χ0n) is 12.5. The van der Waals surface area contributed by atoms with Crippen LogP contribution in [-0.4, -0.2) is 21.7 Å². The van der Waals surface area contributed by atoms with Crippen LogP contribution in [0.3, 0.4) is 0 Å². The molecule has 0 amide bonds. The second-order valence-electron chi connectivity index (χ2n) is 5.36. The lowest BCUT2D eigenvalue weighted by molar-refractivity contribution is 0.102. The average Bonchev–Trinajstić information content (AvgIpc) is 2.94. The van der Waals surface area contributed by atoms with Gasteiger partial charge in [0.25, 0.3) is 5.22 Å². The predicted octanol–water partition coefficient (Wildman–Crippen LogP) is 3.74. The molecule has 0 fully saturated rings. The molecule has 0 spiro atoms. The molecule has 0 aliphatic carbocycles. The molecule has 2 N–H and O–H groups in total. The molecule has 1 aromatic heterocycles. The van der Waals surface area contributed by atoms with Crippen molar-refractivity contribution in [3.8, 4) is 0 Å². The van der Waals surface area contributed by atoms with Gasteiger partial charge in [-0.3, -0.25) is 4.79 Å². The first kappa shape index (κ1) is 17.0. The summed E-state index contributed by atoms with van der Waals surface area (Å²) in [6.45, 7) is 4.16. The maximum absolute atomic E-state index is 12.0. The van der Waals surface area contributed by atoms with Crippen LogP contribution < -0.4 is 5.73 Å². The van der Waals surface area contributed by atoms with Crippen molar-refractivity contribution in [2.45, 2.75) is 31.5 Å². The number of nitrogens with zero attached hydrogens (tertiary/aromatic N) is 2. The van der Waals surface area contributed by atoms with Crippen molar-refractivity contribution in [3.05, 3.63) is 40.7 Å². The van der Waals surface area contributed by atoms with E-state index in [0.29, 0.717) is 27.6 Å². The van der Waals surface area contributed by atoms with Gasteiger partial charge in [0.2, 0.25) is 5.89 Å². The monoisotopic (exact) mass is 339 g/mol. The third kappa shape index (κ3) is 4.83. The molecule has 0 saturated carbocycles. The van der Waals surface area contributed by atoms with Crippen molar-refractivity contribution >= 4 is 29.1 Å². The lowest BCUT2D eigenvalue weighted by Crippen LogP contribution is -2.13. The quantitative estimate of drug-likeness (QED) is 0.611. The summed E-state index contributed by atoms with van der Waals surface area (Å²) in [6, 6.07) is 6.50. The number of carbonyl (C=O) groups excluding carboxylic acids is 1. The minimum Gasteiger partial charge on any atom is -0.414 e. The number of benzene rings is 1. The number of hydrogen-bond donors (Lipinski definition) is 1. The third-order valence-electron chi connectivity index (χ3n) is 2.96. The highest BCUT2D eigenvalue weighted by Gasteiger charge is 2.17. The fourth-order valence-corrected chi connectivity index (χ4v) is 2.67. The SMILES string of the molecule is CC(C)C[C@H](N)c1nnc(SCC(=O)c2ccc(Cl)cc2)o1. The largest absolute Gasteiger partial charge is 0.414 e. The van der Waals surface area contributed by atoms with Gasteiger partial charge in [-0.2, -0.15) is 0 Å². The van der Waals surface area contributed by atoms with Gasteiger partial charge >= 0.3 is 0 Å². The molecule has 5 nitrogen and oxygen atoms in total. The number of aromatic nitrogens is 2. The van der Waals surface area contributed by atoms with E-state index < -0.39 is 0 Å². The molecule has 1 aromatic carbocycles. The summed E-state index contributed by atoms with van der Waals surface area (Å²) in [5.74, 6) is 1.07. The number of ketones is 1. The standard InChI is InChI=1S/C15H18ClN3O2S/c1-9(2)7-12(17)14-18-19-15(21-14)22-8-13(20)10-3-5-11(16)6-4-10/h3-6,9,12H,7-8,17H2,1-2H3/t12-/m0/s1. The molecular weight excluding hydrogens is 322 g/mol. The van der Waals surface area contributed by atoms with Gasteiger partial charge < -0.3 is 10.2 Å². The molecule has 0 saturated heterocycles. The molecule has 22 heavy (non-hydrogen) atoms. The van der Waals surface area contributed by atoms with Crippen molar-refractivity contribution < 1.29 is 9.21 Å². The van der Waals surface area contributed by atoms with Crippen LogP contribution in [0.2, 0.25) is 5.02 Å². The van der Waals surface area contributed by atoms with Gasteiger partial charge in [-0.15, -0.1) is 10.2 Å². The van der Waals surface area contributed by atoms with Crippen LogP contribution in [0, 0.1) is 5.92 Å². The number of Topliss-reactive ketones (excluding diaryl/α,β-unsaturated/α-hetero) is 1. The van der Waals surface area contributed by atoms with Crippen molar-refractivity contribution in [3.63, 3.8) is 0 Å². The fraction of sp³-hybridized carbons (Fsp3) is 0.400. The Labute approximate surface area is 138 Å². The minimum absolute atomic E-state index is 0.0205. The van der Waals surface area contributed by atoms with E-state index in [2.05, 4.69) is 24.0 Å². The summed E-state index contributed by atoms with van der Waals surface area (Å²) in [6.07, 6.45) is 0.774. The average molecular weight is 340 g/mol. The second-order valence-corrected chi connectivity index (χ2v) is 6.72. The van der Waals surface area contributed by atoms with E-state index in [4.69, 9.17) is 21.8 Å². The smallest absolute Gasteiger partial charge is 0.277 e. The van der Waals surface area contributed by atoms with Crippen LogP contribution >= 0.6 is 23.4 Å². The molecule has 0 unspecified atom stereocenters. The second kappa shape index (κ2) is 7.76. The van der Waals surface area contributed by atoms with Gasteiger partial charge in [-0.25, -0.2) is 0 Å². The Kier molecular flexibility index (Phi) is 5.99. The molecular formula is C15H18ClN3O2S. The highest BCUT2D eigenvalue weighted by Crippen LogP contribution is 2.23. The number of halogens is 1. The van der Waals surface area contributed by atoms with Gasteiger partial charge in [0.1, 0.15) is 0 Å². The van der Waals surface area contributed by atoms with Gasteiger partial charge in [0, 0.05) is 10.6 Å². The Morgan fingerprint density at radius 3 is 2.64 bits per heavy atom. The molecule has 2 aromatic rings. The Balaban J connectivity index is 1.90. The normalized spacial score (nSPS) is 12.6. The molecule has 118 valence electrons. The number of nitrogens with two attached hydrogens (primary N) is 1. The van der Waals surface area contributed by atoms with Gasteiger partial charge in [-0.05, 0) is 36.6 Å². The fourth-order valence-electron chi connectivity index (χ4n) is 1.88. The molecule has 0 bridgehead atoms. The zero-order valence-corrected chi connectivity index (χ0v) is 14.0. The van der Waals surface area contributed by atoms with Crippen LogP contribution in [0.25, 0.3) is 0 Å². The van der Waals surface area contributed by atoms with E-state index in [0.717, 1.165) is 6.42 Å². The van der Waals surface area contributed by atoms with E-state index in [-0.39, 0.29) is 17.6 Å². The topological polar surface area (TPSA) is 82.0 Å². The predicted molar refractivity (Wildman–Crippen MR) is 87.2 cm³/mol. The molecule has 0 radical (unpaired) electrons. The molecule has 0 aliphatic heterocycles. The Hall–Kier alpha value is -1.37. The Morgan fingerprint density at radius 2 is 2.00 bits per heavy atom. The summed E-state index contributed by atoms with van der Waals surface area (Å²) in [5.41, 5.74) is 6.59. The van der Waals surface area contributed by atoms with Crippen LogP contribution in [-0.2, 0) is 0 Å². The van der Waals surface area contributed by atoms with E-state index in [1.807, 2.05) is 0 Å². The maximum atomic E-state index is 12.0. The van der Waals surface area contributed by atoms with Crippen LogP contribution in [0.1, 0.15) is 42.6 Å². The maximum Gasteiger partial charge on any atom is 0.277 e. The van der Waals surface area contributed by atoms with Crippen LogP contribution in [0.4, 0.5) is 0 Å². The van der Waals surface area contributed by atoms with Gasteiger partial charge in [-0.1, -0.05) is 37.2 Å². The number of thioether (sulfide) groups is 1. The number of carbonyl (C=O) groups is 1. The summed E-state index contributed by atoms with van der Waals surface area (Å²) < 4.78 is 5.49. The highest BCUT2D eigenvalue weighted by atomic mass is 35.5. The summed E-state index contributed by atoms with van der Waals surface area (Å²) in [7, 11) is 0. The molecule has 1 atom stereocenters. The van der Waals surface area contributed by atoms with Gasteiger partial charge in [0.05, 0.1) is 11.8 Å². The van der Waals surface area contributed by atoms with Crippen molar-refractivity contribution in [2.75, 3.05) is 5.75 Å². The van der Waals surface area contributed by atoms with Crippen molar-refractivity contribution in [2.24, 2.45) is 11.7 Å². The Bertz CT molecular complexity index is 628. The molecule has 1 heterocycles. The molecule has 2 rings (SSSR count). The van der Waals surface area contributed by atoms with E-state index >= 15 is 0 Å². The van der Waals surface area contributed by atoms with E-state index in [1.165, 1.54) is 11.8 Å². The molecule has 7 heteroatoms. The van der Waals surface area contributed by atoms with Gasteiger partial charge in [0.15, 0.2) is 5.78 Å². The van der Waals surface area contributed by atoms with Crippen molar-refractivity contribution in [1.82, 2.24) is 10.2 Å². The lowest BCUT2D eigenvalue weighted by Gasteiger charge is -2.08. The summed E-state index contributed by atoms with van der Waals surface area (Å²) in [5, 5.41) is 8.82. The first-order valence-electron chi connectivity index (χ1n) is 6.96. The van der Waals surface area contributed by atoms with Crippen molar-refractivity contribution in [1.29, 1.82) is 0 Å². The summed E-state index contributed by atoms with van der Waals surface area (Å²) >= 11 is 7.00. The lowest BCUT2D eigenvalue weighted by atomic mass is 10.1. The Morgan fingerprint density at radius 1 is 1.32 bits per heavy atom. The minimum atomic E-state index is -0.270. The van der Waals surface area contributed by atoms with E-state index in [1.54, 1.807) is 24.3 Å². The number of hydrogen-bond acceptors (Lipinski definition) is 6. The highest BCUT2D eigenvalue weighted by molar-refractivity contribution is 7.99. The molecule has 0 aliphatic rings. The first-order valence-corrected chi connectivity index (χ1v) is 8.32. The van der Waals surface area contributed by atoms with Crippen LogP contribution in [0.15, 0.2) is 33.9 Å². The van der Waals surface area contributed by atoms with E-state index in [9.17, 15) is 4.79 Å².